The largest absolute Gasteiger partial charge is 0.292 e. The summed E-state index contributed by atoms with van der Waals surface area (Å²) in [6, 6.07) is 4.99. The molecule has 0 N–H and O–H groups in total. The number of anilines is 1. The van der Waals surface area contributed by atoms with Crippen molar-refractivity contribution in [1.82, 2.24) is 13.5 Å². The molecule has 4 rings (SSSR count). The van der Waals surface area contributed by atoms with Gasteiger partial charge in [0.05, 0.1) is 18.2 Å². The molecule has 0 saturated carbocycles. The number of nitrogens with zero attached hydrogens (tertiary/aromatic N) is 4. The number of benzene rings is 1. The average molecular weight is 495 g/mol. The monoisotopic (exact) mass is 494 g/mol. The fourth-order valence-electron chi connectivity index (χ4n) is 5.76. The number of imide groups is 1. The fraction of sp³-hybridized carbons (Fsp3) is 0.667. The van der Waals surface area contributed by atoms with Crippen molar-refractivity contribution in [2.45, 2.75) is 52.0 Å². The highest BCUT2D eigenvalue weighted by molar-refractivity contribution is 7.86. The highest BCUT2D eigenvalue weighted by Gasteiger charge is 2.44. The van der Waals surface area contributed by atoms with Crippen LogP contribution in [0, 0.1) is 17.7 Å². The summed E-state index contributed by atoms with van der Waals surface area (Å²) in [5.41, 5.74) is 0.417. The van der Waals surface area contributed by atoms with Crippen LogP contribution in [-0.4, -0.2) is 79.1 Å². The lowest BCUT2D eigenvalue weighted by molar-refractivity contribution is -0.123. The van der Waals surface area contributed by atoms with E-state index in [4.69, 9.17) is 0 Å². The molecule has 0 radical (unpaired) electrons. The van der Waals surface area contributed by atoms with Gasteiger partial charge < -0.3 is 0 Å². The molecule has 0 aromatic heterocycles. The number of hydrogen-bond donors (Lipinski definition) is 0. The molecule has 0 unspecified atom stereocenters. The van der Waals surface area contributed by atoms with E-state index in [1.165, 1.54) is 33.5 Å². The minimum Gasteiger partial charge on any atom is -0.292 e. The normalized spacial score (nSPS) is 24.5. The Labute approximate surface area is 201 Å². The summed E-state index contributed by atoms with van der Waals surface area (Å²) in [7, 11) is -3.38. The van der Waals surface area contributed by atoms with Crippen LogP contribution in [0.15, 0.2) is 24.3 Å². The third kappa shape index (κ3) is 4.91. The second-order valence-corrected chi connectivity index (χ2v) is 11.4. The van der Waals surface area contributed by atoms with Crippen molar-refractivity contribution < 1.29 is 22.4 Å². The maximum absolute atomic E-state index is 13.2. The maximum atomic E-state index is 13.2. The number of hydrogen-bond acceptors (Lipinski definition) is 5. The molecule has 1 aromatic rings. The summed E-state index contributed by atoms with van der Waals surface area (Å²) in [6.07, 6.45) is 3.78. The molecule has 3 aliphatic heterocycles. The van der Waals surface area contributed by atoms with Crippen LogP contribution in [0.1, 0.15) is 46.0 Å². The van der Waals surface area contributed by atoms with E-state index in [0.717, 1.165) is 38.8 Å². The van der Waals surface area contributed by atoms with E-state index in [0.29, 0.717) is 43.7 Å². The van der Waals surface area contributed by atoms with E-state index < -0.39 is 22.1 Å². The summed E-state index contributed by atoms with van der Waals surface area (Å²) in [4.78, 5) is 28.9. The number of carbonyl (C=O) groups excluding carboxylic acids is 2. The number of amides is 2. The van der Waals surface area contributed by atoms with Crippen LogP contribution in [0.3, 0.4) is 0 Å². The molecular formula is C24H35FN4O4S. The van der Waals surface area contributed by atoms with Crippen molar-refractivity contribution >= 4 is 27.7 Å². The molecule has 3 aliphatic rings. The molecule has 1 atom stereocenters. The zero-order chi connectivity index (χ0) is 24.5. The van der Waals surface area contributed by atoms with Gasteiger partial charge in [-0.1, -0.05) is 13.8 Å². The Morgan fingerprint density at radius 3 is 1.97 bits per heavy atom. The lowest BCUT2D eigenvalue weighted by Crippen LogP contribution is -2.49. The number of halogens is 1. The maximum Gasteiger partial charge on any atom is 0.281 e. The molecule has 188 valence electrons. The summed E-state index contributed by atoms with van der Waals surface area (Å²) in [5.74, 6) is 0.116. The van der Waals surface area contributed by atoms with E-state index in [2.05, 4.69) is 4.90 Å². The number of carbonyl (C=O) groups is 2. The molecule has 10 heteroatoms. The van der Waals surface area contributed by atoms with Crippen molar-refractivity contribution in [3.63, 3.8) is 0 Å². The molecule has 2 amide bonds. The average Bonchev–Trinajstić information content (AvgIpc) is 3.14. The smallest absolute Gasteiger partial charge is 0.281 e. The lowest BCUT2D eigenvalue weighted by atomic mass is 9.79. The quantitative estimate of drug-likeness (QED) is 0.544. The number of likely N-dealkylation sites (tertiary alicyclic amines) is 1. The van der Waals surface area contributed by atoms with E-state index in [-0.39, 0.29) is 18.2 Å². The van der Waals surface area contributed by atoms with Crippen molar-refractivity contribution in [2.75, 3.05) is 44.2 Å². The zero-order valence-corrected chi connectivity index (χ0v) is 20.8. The first-order valence-corrected chi connectivity index (χ1v) is 13.8. The molecule has 34 heavy (non-hydrogen) atoms. The lowest BCUT2D eigenvalue weighted by Gasteiger charge is -2.41. The molecule has 1 aromatic carbocycles. The first-order valence-electron chi connectivity index (χ1n) is 12.4. The Hall–Kier alpha value is -1.88. The zero-order valence-electron chi connectivity index (χ0n) is 20.0. The van der Waals surface area contributed by atoms with Crippen molar-refractivity contribution in [3.8, 4) is 0 Å². The van der Waals surface area contributed by atoms with Crippen molar-refractivity contribution in [2.24, 2.45) is 11.8 Å². The molecular weight excluding hydrogens is 459 g/mol. The molecule has 3 heterocycles. The van der Waals surface area contributed by atoms with E-state index in [1.54, 1.807) is 4.31 Å². The van der Waals surface area contributed by atoms with Crippen LogP contribution in [0.2, 0.25) is 0 Å². The van der Waals surface area contributed by atoms with Crippen LogP contribution in [-0.2, 0) is 19.8 Å². The third-order valence-electron chi connectivity index (χ3n) is 7.75. The number of rotatable bonds is 7. The summed E-state index contributed by atoms with van der Waals surface area (Å²) in [6.45, 7) is 7.33. The Morgan fingerprint density at radius 1 is 0.912 bits per heavy atom. The summed E-state index contributed by atoms with van der Waals surface area (Å²) >= 11 is 0. The van der Waals surface area contributed by atoms with Gasteiger partial charge in [-0.2, -0.15) is 17.0 Å². The fourth-order valence-corrected chi connectivity index (χ4v) is 7.41. The van der Waals surface area contributed by atoms with Gasteiger partial charge in [-0.15, -0.1) is 0 Å². The van der Waals surface area contributed by atoms with E-state index in [1.807, 2.05) is 13.8 Å². The Kier molecular flexibility index (Phi) is 7.71. The SMILES string of the molecule is CCN(CC)S(=O)(=O)N1CCC(C2CCN([C@H]3CC(=O)N(c4ccc(F)cc4)C3=O)CC2)CC1. The van der Waals surface area contributed by atoms with Crippen LogP contribution in [0.25, 0.3) is 0 Å². The van der Waals surface area contributed by atoms with Gasteiger partial charge >= 0.3 is 0 Å². The first kappa shape index (κ1) is 25.2. The summed E-state index contributed by atoms with van der Waals surface area (Å²) in [5, 5.41) is 0. The number of piperidine rings is 2. The van der Waals surface area contributed by atoms with Crippen molar-refractivity contribution in [1.29, 1.82) is 0 Å². The van der Waals surface area contributed by atoms with Gasteiger partial charge in [0.1, 0.15) is 5.82 Å². The second kappa shape index (κ2) is 10.4. The van der Waals surface area contributed by atoms with Gasteiger partial charge in [0, 0.05) is 26.2 Å². The topological polar surface area (TPSA) is 81.2 Å². The molecule has 3 saturated heterocycles. The first-order chi connectivity index (χ1) is 16.3. The van der Waals surface area contributed by atoms with Crippen molar-refractivity contribution in [3.05, 3.63) is 30.1 Å². The van der Waals surface area contributed by atoms with E-state index in [9.17, 15) is 22.4 Å². The van der Waals surface area contributed by atoms with Crippen LogP contribution in [0.4, 0.5) is 10.1 Å². The minimum atomic E-state index is -3.38. The van der Waals surface area contributed by atoms with Crippen LogP contribution in [0.5, 0.6) is 0 Å². The molecule has 3 fully saturated rings. The Bertz CT molecular complexity index is 983. The highest BCUT2D eigenvalue weighted by Crippen LogP contribution is 2.35. The van der Waals surface area contributed by atoms with Gasteiger partial charge in [-0.3, -0.25) is 14.5 Å². The minimum absolute atomic E-state index is 0.155. The highest BCUT2D eigenvalue weighted by atomic mass is 32.2. The Balaban J connectivity index is 1.30. The van der Waals surface area contributed by atoms with E-state index >= 15 is 0 Å². The molecule has 0 aliphatic carbocycles. The third-order valence-corrected chi connectivity index (χ3v) is 9.93. The van der Waals surface area contributed by atoms with Gasteiger partial charge in [0.2, 0.25) is 5.91 Å². The van der Waals surface area contributed by atoms with Crippen LogP contribution < -0.4 is 4.90 Å². The second-order valence-electron chi connectivity index (χ2n) is 9.47. The predicted octanol–water partition coefficient (Wildman–Crippen LogP) is 2.47. The molecule has 0 spiro atoms. The predicted molar refractivity (Wildman–Crippen MR) is 128 cm³/mol. The molecule has 0 bridgehead atoms. The van der Waals surface area contributed by atoms with Gasteiger partial charge in [-0.25, -0.2) is 9.29 Å². The molecule has 8 nitrogen and oxygen atoms in total. The van der Waals surface area contributed by atoms with Gasteiger partial charge in [0.25, 0.3) is 16.1 Å². The van der Waals surface area contributed by atoms with Gasteiger partial charge in [0.15, 0.2) is 0 Å². The van der Waals surface area contributed by atoms with Crippen LogP contribution >= 0.6 is 0 Å². The van der Waals surface area contributed by atoms with Gasteiger partial charge in [-0.05, 0) is 74.9 Å². The Morgan fingerprint density at radius 2 is 1.44 bits per heavy atom. The standard InChI is InChI=1S/C24H35FN4O4S/c1-3-27(4-2)34(32,33)28-15-11-19(12-16-28)18-9-13-26(14-10-18)22-17-23(30)29(24(22)31)21-7-5-20(25)6-8-21/h5-8,18-19,22H,3-4,9-17H2,1-2H3/t22-/m0/s1. The summed E-state index contributed by atoms with van der Waals surface area (Å²) < 4.78 is 42.0.